The van der Waals surface area contributed by atoms with Gasteiger partial charge in [-0.3, -0.25) is 9.69 Å². The standard InChI is InChI=1S/C16H26N2O3/c1-4-14(5-2)18(9-10-19)12-16(20)17-13-7-6-8-15(11-13)21-3/h6-8,11,14,19H,4-5,9-10,12H2,1-3H3,(H,17,20). The summed E-state index contributed by atoms with van der Waals surface area (Å²) in [5.74, 6) is 0.628. The number of carbonyl (C=O) groups excluding carboxylic acids is 1. The van der Waals surface area contributed by atoms with Gasteiger partial charge < -0.3 is 15.2 Å². The molecule has 2 N–H and O–H groups in total. The molecule has 0 aliphatic heterocycles. The summed E-state index contributed by atoms with van der Waals surface area (Å²) in [6, 6.07) is 7.59. The SMILES string of the molecule is CCC(CC)N(CCO)CC(=O)Nc1cccc(OC)c1. The lowest BCUT2D eigenvalue weighted by atomic mass is 10.1. The monoisotopic (exact) mass is 294 g/mol. The van der Waals surface area contributed by atoms with Gasteiger partial charge in [0.25, 0.3) is 0 Å². The molecule has 0 saturated heterocycles. The van der Waals surface area contributed by atoms with Gasteiger partial charge in [0.1, 0.15) is 5.75 Å². The van der Waals surface area contributed by atoms with E-state index >= 15 is 0 Å². The van der Waals surface area contributed by atoms with E-state index in [-0.39, 0.29) is 19.1 Å². The Morgan fingerprint density at radius 3 is 2.67 bits per heavy atom. The lowest BCUT2D eigenvalue weighted by Gasteiger charge is -2.29. The third-order valence-electron chi connectivity index (χ3n) is 3.55. The van der Waals surface area contributed by atoms with Crippen molar-refractivity contribution in [3.63, 3.8) is 0 Å². The Labute approximate surface area is 126 Å². The van der Waals surface area contributed by atoms with Gasteiger partial charge in [0, 0.05) is 24.3 Å². The molecular formula is C16H26N2O3. The highest BCUT2D eigenvalue weighted by Crippen LogP contribution is 2.17. The van der Waals surface area contributed by atoms with Gasteiger partial charge in [-0.2, -0.15) is 0 Å². The van der Waals surface area contributed by atoms with E-state index < -0.39 is 0 Å². The van der Waals surface area contributed by atoms with Crippen molar-refractivity contribution in [3.8, 4) is 5.75 Å². The quantitative estimate of drug-likeness (QED) is 0.732. The van der Waals surface area contributed by atoms with E-state index in [1.54, 1.807) is 13.2 Å². The number of hydrogen-bond donors (Lipinski definition) is 2. The van der Waals surface area contributed by atoms with Gasteiger partial charge >= 0.3 is 0 Å². The lowest BCUT2D eigenvalue weighted by Crippen LogP contribution is -2.42. The number of rotatable bonds is 9. The molecule has 0 saturated carbocycles. The van der Waals surface area contributed by atoms with Crippen molar-refractivity contribution < 1.29 is 14.6 Å². The van der Waals surface area contributed by atoms with Crippen LogP contribution < -0.4 is 10.1 Å². The molecule has 0 spiro atoms. The predicted octanol–water partition coefficient (Wildman–Crippen LogP) is 2.12. The fourth-order valence-corrected chi connectivity index (χ4v) is 2.41. The molecule has 118 valence electrons. The van der Waals surface area contributed by atoms with E-state index in [0.717, 1.165) is 12.8 Å². The molecule has 1 amide bonds. The summed E-state index contributed by atoms with van der Waals surface area (Å²) in [6.07, 6.45) is 1.92. The highest BCUT2D eigenvalue weighted by Gasteiger charge is 2.17. The maximum atomic E-state index is 12.2. The van der Waals surface area contributed by atoms with E-state index in [2.05, 4.69) is 19.2 Å². The van der Waals surface area contributed by atoms with E-state index in [1.165, 1.54) is 0 Å². The fourth-order valence-electron chi connectivity index (χ4n) is 2.41. The zero-order chi connectivity index (χ0) is 15.7. The van der Waals surface area contributed by atoms with Crippen molar-refractivity contribution in [2.24, 2.45) is 0 Å². The van der Waals surface area contributed by atoms with Crippen molar-refractivity contribution in [2.75, 3.05) is 32.1 Å². The minimum Gasteiger partial charge on any atom is -0.497 e. The molecule has 1 aromatic carbocycles. The van der Waals surface area contributed by atoms with Crippen LogP contribution in [0.25, 0.3) is 0 Å². The molecule has 5 heteroatoms. The number of benzene rings is 1. The first-order chi connectivity index (χ1) is 10.1. The molecule has 0 unspecified atom stereocenters. The van der Waals surface area contributed by atoms with Crippen LogP contribution in [0.2, 0.25) is 0 Å². The fraction of sp³-hybridized carbons (Fsp3) is 0.562. The van der Waals surface area contributed by atoms with Gasteiger partial charge in [-0.25, -0.2) is 0 Å². The Bertz CT molecular complexity index is 433. The zero-order valence-corrected chi connectivity index (χ0v) is 13.1. The number of anilines is 1. The number of ether oxygens (including phenoxy) is 1. The first kappa shape index (κ1) is 17.5. The number of amides is 1. The third-order valence-corrected chi connectivity index (χ3v) is 3.55. The molecule has 0 aliphatic carbocycles. The summed E-state index contributed by atoms with van der Waals surface area (Å²) >= 11 is 0. The summed E-state index contributed by atoms with van der Waals surface area (Å²) in [5, 5.41) is 12.0. The molecule has 21 heavy (non-hydrogen) atoms. The number of carbonyl (C=O) groups is 1. The Morgan fingerprint density at radius 1 is 1.38 bits per heavy atom. The molecule has 0 aromatic heterocycles. The normalized spacial score (nSPS) is 11.0. The first-order valence-electron chi connectivity index (χ1n) is 7.43. The molecule has 5 nitrogen and oxygen atoms in total. The van der Waals surface area contributed by atoms with Crippen molar-refractivity contribution in [1.29, 1.82) is 0 Å². The van der Waals surface area contributed by atoms with E-state index in [1.807, 2.05) is 23.1 Å². The van der Waals surface area contributed by atoms with Gasteiger partial charge in [-0.15, -0.1) is 0 Å². The van der Waals surface area contributed by atoms with Crippen LogP contribution in [0, 0.1) is 0 Å². The average molecular weight is 294 g/mol. The van der Waals surface area contributed by atoms with Crippen LogP contribution in [-0.4, -0.2) is 48.8 Å². The number of methoxy groups -OCH3 is 1. The predicted molar refractivity (Wildman–Crippen MR) is 84.7 cm³/mol. The zero-order valence-electron chi connectivity index (χ0n) is 13.1. The molecule has 0 radical (unpaired) electrons. The maximum absolute atomic E-state index is 12.2. The van der Waals surface area contributed by atoms with Crippen LogP contribution in [0.3, 0.4) is 0 Å². The van der Waals surface area contributed by atoms with Crippen LogP contribution in [0.15, 0.2) is 24.3 Å². The lowest BCUT2D eigenvalue weighted by molar-refractivity contribution is -0.118. The van der Waals surface area contributed by atoms with E-state index in [9.17, 15) is 4.79 Å². The van der Waals surface area contributed by atoms with E-state index in [4.69, 9.17) is 9.84 Å². The molecular weight excluding hydrogens is 268 g/mol. The van der Waals surface area contributed by atoms with Crippen LogP contribution in [-0.2, 0) is 4.79 Å². The second kappa shape index (κ2) is 9.37. The first-order valence-corrected chi connectivity index (χ1v) is 7.43. The Kier molecular flexibility index (Phi) is 7.79. The van der Waals surface area contributed by atoms with Crippen molar-refractivity contribution in [2.45, 2.75) is 32.7 Å². The van der Waals surface area contributed by atoms with Gasteiger partial charge in [0.15, 0.2) is 0 Å². The summed E-state index contributed by atoms with van der Waals surface area (Å²) in [6.45, 7) is 5.04. The third kappa shape index (κ3) is 5.73. The number of aliphatic hydroxyl groups excluding tert-OH is 1. The Hall–Kier alpha value is -1.59. The summed E-state index contributed by atoms with van der Waals surface area (Å²) in [7, 11) is 1.59. The highest BCUT2D eigenvalue weighted by molar-refractivity contribution is 5.92. The second-order valence-electron chi connectivity index (χ2n) is 4.94. The number of nitrogens with one attached hydrogen (secondary N) is 1. The number of nitrogens with zero attached hydrogens (tertiary/aromatic N) is 1. The summed E-state index contributed by atoms with van der Waals surface area (Å²) in [4.78, 5) is 14.2. The molecule has 0 aliphatic rings. The van der Waals surface area contributed by atoms with Crippen molar-refractivity contribution >= 4 is 11.6 Å². The van der Waals surface area contributed by atoms with Crippen LogP contribution >= 0.6 is 0 Å². The Balaban J connectivity index is 2.64. The second-order valence-corrected chi connectivity index (χ2v) is 4.94. The molecule has 0 heterocycles. The maximum Gasteiger partial charge on any atom is 0.238 e. The number of aliphatic hydroxyl groups is 1. The largest absolute Gasteiger partial charge is 0.497 e. The minimum atomic E-state index is -0.0800. The van der Waals surface area contributed by atoms with E-state index in [0.29, 0.717) is 24.0 Å². The molecule has 1 aromatic rings. The van der Waals surface area contributed by atoms with Crippen molar-refractivity contribution in [3.05, 3.63) is 24.3 Å². The van der Waals surface area contributed by atoms with Gasteiger partial charge in [0.05, 0.1) is 20.3 Å². The van der Waals surface area contributed by atoms with Crippen LogP contribution in [0.4, 0.5) is 5.69 Å². The minimum absolute atomic E-state index is 0.0585. The number of hydrogen-bond acceptors (Lipinski definition) is 4. The molecule has 0 fully saturated rings. The summed E-state index contributed by atoms with van der Waals surface area (Å²) < 4.78 is 5.13. The smallest absolute Gasteiger partial charge is 0.238 e. The van der Waals surface area contributed by atoms with Crippen LogP contribution in [0.5, 0.6) is 5.75 Å². The van der Waals surface area contributed by atoms with Crippen LogP contribution in [0.1, 0.15) is 26.7 Å². The molecule has 1 rings (SSSR count). The highest BCUT2D eigenvalue weighted by atomic mass is 16.5. The van der Waals surface area contributed by atoms with Gasteiger partial charge in [-0.1, -0.05) is 19.9 Å². The Morgan fingerprint density at radius 2 is 2.10 bits per heavy atom. The van der Waals surface area contributed by atoms with Gasteiger partial charge in [-0.05, 0) is 25.0 Å². The molecule has 0 bridgehead atoms. The van der Waals surface area contributed by atoms with Gasteiger partial charge in [0.2, 0.25) is 5.91 Å². The van der Waals surface area contributed by atoms with Crippen molar-refractivity contribution in [1.82, 2.24) is 4.90 Å². The topological polar surface area (TPSA) is 61.8 Å². The average Bonchev–Trinajstić information content (AvgIpc) is 2.48. The molecule has 0 atom stereocenters. The summed E-state index contributed by atoms with van der Waals surface area (Å²) in [5.41, 5.74) is 0.716.